The highest BCUT2D eigenvalue weighted by Crippen LogP contribution is 2.46. The van der Waals surface area contributed by atoms with Crippen LogP contribution in [0, 0.1) is 5.92 Å². The van der Waals surface area contributed by atoms with Crippen molar-refractivity contribution in [1.29, 1.82) is 0 Å². The molecule has 1 fully saturated rings. The van der Waals surface area contributed by atoms with Gasteiger partial charge in [-0.3, -0.25) is 0 Å². The maximum absolute atomic E-state index is 11.8. The molecule has 2 rings (SSSR count). The van der Waals surface area contributed by atoms with Crippen molar-refractivity contribution >= 4 is 21.4 Å². The molecule has 1 heterocycles. The summed E-state index contributed by atoms with van der Waals surface area (Å²) in [5.41, 5.74) is 0. The molecule has 14 heavy (non-hydrogen) atoms. The average Bonchev–Trinajstić information content (AvgIpc) is 2.81. The van der Waals surface area contributed by atoms with E-state index in [1.165, 1.54) is 18.4 Å². The molecule has 78 valence electrons. The van der Waals surface area contributed by atoms with Crippen LogP contribution in [0.3, 0.4) is 0 Å². The van der Waals surface area contributed by atoms with Crippen LogP contribution in [0.2, 0.25) is 0 Å². The predicted octanol–water partition coefficient (Wildman–Crippen LogP) is 1.75. The monoisotopic (exact) mass is 231 g/mol. The van der Waals surface area contributed by atoms with Crippen molar-refractivity contribution in [3.8, 4) is 0 Å². The second kappa shape index (κ2) is 3.64. The third-order valence-electron chi connectivity index (χ3n) is 2.49. The number of sulfonamides is 1. The molecular formula is C9H13NO2S2. The number of nitrogens with one attached hydrogen (secondary N) is 1. The second-order valence-corrected chi connectivity index (χ2v) is 6.51. The summed E-state index contributed by atoms with van der Waals surface area (Å²) in [6.07, 6.45) is 2.06. The molecule has 0 spiro atoms. The Bertz CT molecular complexity index is 392. The normalized spacial score (nSPS) is 19.5. The van der Waals surface area contributed by atoms with E-state index in [9.17, 15) is 8.42 Å². The first-order chi connectivity index (χ1) is 6.65. The van der Waals surface area contributed by atoms with Gasteiger partial charge < -0.3 is 0 Å². The highest BCUT2D eigenvalue weighted by molar-refractivity contribution is 7.89. The lowest BCUT2D eigenvalue weighted by Crippen LogP contribution is -2.26. The van der Waals surface area contributed by atoms with E-state index in [-0.39, 0.29) is 5.25 Å². The maximum atomic E-state index is 11.8. The van der Waals surface area contributed by atoms with Crippen molar-refractivity contribution in [2.45, 2.75) is 18.1 Å². The third-order valence-corrected chi connectivity index (χ3v) is 5.47. The summed E-state index contributed by atoms with van der Waals surface area (Å²) in [4.78, 5) is 0.960. The van der Waals surface area contributed by atoms with E-state index in [4.69, 9.17) is 0 Å². The quantitative estimate of drug-likeness (QED) is 0.858. The van der Waals surface area contributed by atoms with Crippen LogP contribution >= 0.6 is 11.3 Å². The minimum Gasteiger partial charge on any atom is -0.218 e. The molecule has 1 aromatic rings. The number of hydrogen-bond donors (Lipinski definition) is 1. The second-order valence-electron chi connectivity index (χ2n) is 3.52. The molecule has 1 saturated carbocycles. The molecule has 5 heteroatoms. The van der Waals surface area contributed by atoms with E-state index in [0.717, 1.165) is 17.7 Å². The lowest BCUT2D eigenvalue weighted by molar-refractivity contribution is 0.565. The van der Waals surface area contributed by atoms with Crippen LogP contribution in [0.4, 0.5) is 0 Å². The van der Waals surface area contributed by atoms with Gasteiger partial charge in [-0.15, -0.1) is 11.3 Å². The first-order valence-electron chi connectivity index (χ1n) is 4.61. The molecule has 0 bridgehead atoms. The molecule has 1 atom stereocenters. The topological polar surface area (TPSA) is 46.2 Å². The van der Waals surface area contributed by atoms with Gasteiger partial charge in [0.25, 0.3) is 0 Å². The Balaban J connectivity index is 2.34. The van der Waals surface area contributed by atoms with E-state index >= 15 is 0 Å². The molecule has 1 unspecified atom stereocenters. The van der Waals surface area contributed by atoms with Crippen molar-refractivity contribution < 1.29 is 8.42 Å². The molecular weight excluding hydrogens is 218 g/mol. The Labute approximate surface area is 88.2 Å². The number of rotatable bonds is 4. The Kier molecular flexibility index (Phi) is 2.64. The molecule has 1 aliphatic carbocycles. The van der Waals surface area contributed by atoms with Gasteiger partial charge in [-0.2, -0.15) is 0 Å². The van der Waals surface area contributed by atoms with Crippen LogP contribution < -0.4 is 4.72 Å². The molecule has 0 amide bonds. The first-order valence-corrected chi connectivity index (χ1v) is 7.03. The van der Waals surface area contributed by atoms with E-state index in [2.05, 4.69) is 4.72 Å². The van der Waals surface area contributed by atoms with Gasteiger partial charge in [-0.05, 0) is 37.3 Å². The molecule has 0 aromatic carbocycles. The summed E-state index contributed by atoms with van der Waals surface area (Å²) in [7, 11) is -1.68. The zero-order valence-corrected chi connectivity index (χ0v) is 9.57. The van der Waals surface area contributed by atoms with Gasteiger partial charge in [0.1, 0.15) is 5.25 Å². The Morgan fingerprint density at radius 1 is 1.57 bits per heavy atom. The van der Waals surface area contributed by atoms with Crippen LogP contribution in [-0.4, -0.2) is 15.5 Å². The van der Waals surface area contributed by atoms with Gasteiger partial charge in [0.05, 0.1) is 0 Å². The van der Waals surface area contributed by atoms with Gasteiger partial charge in [0, 0.05) is 4.88 Å². The maximum Gasteiger partial charge on any atom is 0.219 e. The van der Waals surface area contributed by atoms with Crippen LogP contribution in [0.5, 0.6) is 0 Å². The Hall–Kier alpha value is -0.390. The molecule has 1 aliphatic rings. The largest absolute Gasteiger partial charge is 0.219 e. The molecule has 3 nitrogen and oxygen atoms in total. The number of hydrogen-bond acceptors (Lipinski definition) is 3. The SMILES string of the molecule is CNS(=O)(=O)C(c1cccs1)C1CC1. The fourth-order valence-electron chi connectivity index (χ4n) is 1.62. The number of thiophene rings is 1. The van der Waals surface area contributed by atoms with Gasteiger partial charge in [0.2, 0.25) is 10.0 Å². The van der Waals surface area contributed by atoms with Crippen LogP contribution in [0.25, 0.3) is 0 Å². The average molecular weight is 231 g/mol. The smallest absolute Gasteiger partial charge is 0.218 e. The zero-order valence-electron chi connectivity index (χ0n) is 7.93. The van der Waals surface area contributed by atoms with Gasteiger partial charge in [0.15, 0.2) is 0 Å². The van der Waals surface area contributed by atoms with Gasteiger partial charge in [-0.25, -0.2) is 13.1 Å². The van der Waals surface area contributed by atoms with Crippen molar-refractivity contribution in [2.24, 2.45) is 5.92 Å². The molecule has 1 aromatic heterocycles. The van der Waals surface area contributed by atoms with E-state index in [1.54, 1.807) is 0 Å². The predicted molar refractivity (Wildman–Crippen MR) is 57.8 cm³/mol. The Morgan fingerprint density at radius 3 is 2.71 bits per heavy atom. The third kappa shape index (κ3) is 1.85. The molecule has 0 radical (unpaired) electrons. The summed E-state index contributed by atoms with van der Waals surface area (Å²) in [6, 6.07) is 3.81. The first kappa shape index (κ1) is 10.1. The van der Waals surface area contributed by atoms with Crippen molar-refractivity contribution in [3.05, 3.63) is 22.4 Å². The lowest BCUT2D eigenvalue weighted by Gasteiger charge is -2.14. The minimum atomic E-state index is -3.16. The fourth-order valence-corrected chi connectivity index (χ4v) is 4.38. The van der Waals surface area contributed by atoms with Crippen molar-refractivity contribution in [1.82, 2.24) is 4.72 Å². The highest BCUT2D eigenvalue weighted by atomic mass is 32.2. The standard InChI is InChI=1S/C9H13NO2S2/c1-10-14(11,12)9(7-4-5-7)8-3-2-6-13-8/h2-3,6-7,9-10H,4-5H2,1H3. The van der Waals surface area contributed by atoms with Crippen LogP contribution in [0.15, 0.2) is 17.5 Å². The highest BCUT2D eigenvalue weighted by Gasteiger charge is 2.41. The minimum absolute atomic E-state index is 0.325. The lowest BCUT2D eigenvalue weighted by atomic mass is 10.2. The van der Waals surface area contributed by atoms with Crippen molar-refractivity contribution in [3.63, 3.8) is 0 Å². The zero-order chi connectivity index (χ0) is 10.2. The van der Waals surface area contributed by atoms with Gasteiger partial charge in [-0.1, -0.05) is 6.07 Å². The molecule has 0 aliphatic heterocycles. The fraction of sp³-hybridized carbons (Fsp3) is 0.556. The summed E-state index contributed by atoms with van der Waals surface area (Å²) < 4.78 is 26.0. The summed E-state index contributed by atoms with van der Waals surface area (Å²) in [6.45, 7) is 0. The Morgan fingerprint density at radius 2 is 2.29 bits per heavy atom. The molecule has 1 N–H and O–H groups in total. The summed E-state index contributed by atoms with van der Waals surface area (Å²) in [5, 5.41) is 1.60. The van der Waals surface area contributed by atoms with E-state index in [1.807, 2.05) is 17.5 Å². The molecule has 0 saturated heterocycles. The van der Waals surface area contributed by atoms with Gasteiger partial charge >= 0.3 is 0 Å². The summed E-state index contributed by atoms with van der Waals surface area (Å²) in [5.74, 6) is 0.325. The summed E-state index contributed by atoms with van der Waals surface area (Å²) >= 11 is 1.52. The van der Waals surface area contributed by atoms with Crippen LogP contribution in [-0.2, 0) is 10.0 Å². The van der Waals surface area contributed by atoms with Crippen molar-refractivity contribution in [2.75, 3.05) is 7.05 Å². The van der Waals surface area contributed by atoms with E-state index in [0.29, 0.717) is 5.92 Å². The van der Waals surface area contributed by atoms with Crippen LogP contribution in [0.1, 0.15) is 23.0 Å². The van der Waals surface area contributed by atoms with E-state index < -0.39 is 10.0 Å².